The second-order valence-electron chi connectivity index (χ2n) is 5.85. The Kier molecular flexibility index (Phi) is 4.15. The van der Waals surface area contributed by atoms with E-state index in [2.05, 4.69) is 0 Å². The fourth-order valence-electron chi connectivity index (χ4n) is 3.01. The quantitative estimate of drug-likeness (QED) is 0.807. The van der Waals surface area contributed by atoms with Crippen molar-refractivity contribution in [1.29, 1.82) is 0 Å². The molecule has 118 valence electrons. The van der Waals surface area contributed by atoms with Crippen LogP contribution in [0.4, 0.5) is 4.79 Å². The molecular formula is C19H20N2O2. The maximum Gasteiger partial charge on any atom is 0.328 e. The van der Waals surface area contributed by atoms with Crippen LogP contribution in [0.3, 0.4) is 0 Å². The van der Waals surface area contributed by atoms with Gasteiger partial charge >= 0.3 is 6.03 Å². The maximum atomic E-state index is 12.8. The monoisotopic (exact) mass is 308 g/mol. The zero-order valence-electron chi connectivity index (χ0n) is 13.3. The molecular weight excluding hydrogens is 288 g/mol. The van der Waals surface area contributed by atoms with E-state index in [1.54, 1.807) is 4.90 Å². The normalized spacial score (nSPS) is 17.5. The number of imide groups is 1. The lowest BCUT2D eigenvalue weighted by atomic mass is 10.1. The summed E-state index contributed by atoms with van der Waals surface area (Å²) in [5.41, 5.74) is 1.99. The number of hydrogen-bond acceptors (Lipinski definition) is 2. The van der Waals surface area contributed by atoms with Crippen LogP contribution in [-0.2, 0) is 4.79 Å². The van der Waals surface area contributed by atoms with Gasteiger partial charge < -0.3 is 4.90 Å². The van der Waals surface area contributed by atoms with Crippen molar-refractivity contribution in [3.8, 4) is 0 Å². The van der Waals surface area contributed by atoms with Crippen LogP contribution in [0.15, 0.2) is 60.7 Å². The molecule has 0 N–H and O–H groups in total. The Hall–Kier alpha value is -2.62. The average molecular weight is 308 g/mol. The molecule has 1 fully saturated rings. The lowest BCUT2D eigenvalue weighted by Gasteiger charge is -2.26. The molecule has 23 heavy (non-hydrogen) atoms. The predicted molar refractivity (Wildman–Crippen MR) is 88.7 cm³/mol. The molecule has 2 aromatic carbocycles. The fraction of sp³-hybridized carbons (Fsp3) is 0.263. The summed E-state index contributed by atoms with van der Waals surface area (Å²) in [6.45, 7) is 3.98. The van der Waals surface area contributed by atoms with E-state index < -0.39 is 0 Å². The highest BCUT2D eigenvalue weighted by Crippen LogP contribution is 2.30. The summed E-state index contributed by atoms with van der Waals surface area (Å²) < 4.78 is 0. The second-order valence-corrected chi connectivity index (χ2v) is 5.85. The molecule has 0 aromatic heterocycles. The molecule has 2 atom stereocenters. The highest BCUT2D eigenvalue weighted by atomic mass is 16.2. The predicted octanol–water partition coefficient (Wildman–Crippen LogP) is 3.77. The number of carbonyl (C=O) groups excluding carboxylic acids is 2. The van der Waals surface area contributed by atoms with E-state index in [1.807, 2.05) is 74.5 Å². The van der Waals surface area contributed by atoms with E-state index in [0.717, 1.165) is 11.1 Å². The Balaban J connectivity index is 1.83. The smallest absolute Gasteiger partial charge is 0.308 e. The van der Waals surface area contributed by atoms with Gasteiger partial charge in [-0.3, -0.25) is 9.69 Å². The molecule has 1 saturated heterocycles. The van der Waals surface area contributed by atoms with Crippen molar-refractivity contribution in [2.75, 3.05) is 6.54 Å². The van der Waals surface area contributed by atoms with Crippen molar-refractivity contribution in [2.45, 2.75) is 25.9 Å². The Bertz CT molecular complexity index is 700. The van der Waals surface area contributed by atoms with Crippen molar-refractivity contribution in [3.63, 3.8) is 0 Å². The summed E-state index contributed by atoms with van der Waals surface area (Å²) in [7, 11) is 0. The second kappa shape index (κ2) is 6.24. The molecule has 1 heterocycles. The summed E-state index contributed by atoms with van der Waals surface area (Å²) in [6.07, 6.45) is 0. The van der Waals surface area contributed by atoms with Crippen molar-refractivity contribution >= 4 is 11.9 Å². The van der Waals surface area contributed by atoms with Gasteiger partial charge in [0.15, 0.2) is 0 Å². The molecule has 1 aliphatic rings. The fourth-order valence-corrected chi connectivity index (χ4v) is 3.01. The summed E-state index contributed by atoms with van der Waals surface area (Å²) in [5.74, 6) is -0.144. The Morgan fingerprint density at radius 3 is 1.78 bits per heavy atom. The van der Waals surface area contributed by atoms with Crippen LogP contribution in [-0.4, -0.2) is 28.3 Å². The van der Waals surface area contributed by atoms with Gasteiger partial charge in [-0.15, -0.1) is 0 Å². The molecule has 2 aromatic rings. The van der Waals surface area contributed by atoms with Gasteiger partial charge in [0.1, 0.15) is 6.54 Å². The van der Waals surface area contributed by atoms with Crippen LogP contribution >= 0.6 is 0 Å². The minimum absolute atomic E-state index is 0.124. The van der Waals surface area contributed by atoms with Crippen molar-refractivity contribution in [2.24, 2.45) is 0 Å². The average Bonchev–Trinajstić information content (AvgIpc) is 2.89. The third kappa shape index (κ3) is 2.84. The van der Waals surface area contributed by atoms with Gasteiger partial charge in [-0.2, -0.15) is 0 Å². The minimum atomic E-state index is -0.260. The first-order valence-corrected chi connectivity index (χ1v) is 7.82. The first-order valence-electron chi connectivity index (χ1n) is 7.82. The summed E-state index contributed by atoms with van der Waals surface area (Å²) in [4.78, 5) is 28.2. The molecule has 0 spiro atoms. The molecule has 4 nitrogen and oxygen atoms in total. The number of urea groups is 1. The van der Waals surface area contributed by atoms with Gasteiger partial charge in [0.25, 0.3) is 5.91 Å². The number of amides is 3. The van der Waals surface area contributed by atoms with Gasteiger partial charge in [-0.25, -0.2) is 4.79 Å². The number of benzene rings is 2. The van der Waals surface area contributed by atoms with Crippen LogP contribution in [0.1, 0.15) is 37.1 Å². The molecule has 0 bridgehead atoms. The minimum Gasteiger partial charge on any atom is -0.308 e. The molecule has 0 aliphatic carbocycles. The van der Waals surface area contributed by atoms with E-state index in [4.69, 9.17) is 0 Å². The van der Waals surface area contributed by atoms with Gasteiger partial charge in [0, 0.05) is 0 Å². The van der Waals surface area contributed by atoms with E-state index >= 15 is 0 Å². The lowest BCUT2D eigenvalue weighted by Crippen LogP contribution is -2.36. The SMILES string of the molecule is CC(c1ccccc1)N1CC(=O)N(C(C)c2ccccc2)C1=O. The van der Waals surface area contributed by atoms with Gasteiger partial charge in [0.05, 0.1) is 12.1 Å². The molecule has 1 aliphatic heterocycles. The van der Waals surface area contributed by atoms with Crippen molar-refractivity contribution in [3.05, 3.63) is 71.8 Å². The van der Waals surface area contributed by atoms with Crippen molar-refractivity contribution in [1.82, 2.24) is 9.80 Å². The maximum absolute atomic E-state index is 12.8. The number of rotatable bonds is 4. The van der Waals surface area contributed by atoms with Gasteiger partial charge in [-0.05, 0) is 25.0 Å². The standard InChI is InChI=1S/C19H20N2O2/c1-14(16-9-5-3-6-10-16)20-13-18(22)21(19(20)23)15(2)17-11-7-4-8-12-17/h3-12,14-15H,13H2,1-2H3. The third-order valence-corrected chi connectivity index (χ3v) is 4.44. The molecule has 3 rings (SSSR count). The first-order chi connectivity index (χ1) is 11.1. The molecule has 4 heteroatoms. The highest BCUT2D eigenvalue weighted by molar-refractivity contribution is 6.02. The lowest BCUT2D eigenvalue weighted by molar-refractivity contribution is -0.126. The number of nitrogens with zero attached hydrogens (tertiary/aromatic N) is 2. The summed E-state index contributed by atoms with van der Waals surface area (Å²) in [5, 5.41) is 0. The summed E-state index contributed by atoms with van der Waals surface area (Å²) in [6, 6.07) is 18.8. The third-order valence-electron chi connectivity index (χ3n) is 4.44. The van der Waals surface area contributed by atoms with Gasteiger partial charge in [-0.1, -0.05) is 60.7 Å². The van der Waals surface area contributed by atoms with Crippen molar-refractivity contribution < 1.29 is 9.59 Å². The van der Waals surface area contributed by atoms with Crippen LogP contribution in [0.2, 0.25) is 0 Å². The number of carbonyl (C=O) groups is 2. The molecule has 0 saturated carbocycles. The van der Waals surface area contributed by atoms with E-state index in [0.29, 0.717) is 0 Å². The van der Waals surface area contributed by atoms with Crippen LogP contribution < -0.4 is 0 Å². The Labute approximate surface area is 136 Å². The first kappa shape index (κ1) is 15.3. The van der Waals surface area contributed by atoms with E-state index in [-0.39, 0.29) is 30.6 Å². The largest absolute Gasteiger partial charge is 0.328 e. The Morgan fingerprint density at radius 1 is 0.783 bits per heavy atom. The van der Waals surface area contributed by atoms with Gasteiger partial charge in [0.2, 0.25) is 0 Å². The topological polar surface area (TPSA) is 40.6 Å². The Morgan fingerprint density at radius 2 is 1.26 bits per heavy atom. The van der Waals surface area contributed by atoms with Crippen LogP contribution in [0.5, 0.6) is 0 Å². The molecule has 2 unspecified atom stereocenters. The zero-order valence-corrected chi connectivity index (χ0v) is 13.3. The molecule has 3 amide bonds. The summed E-state index contributed by atoms with van der Waals surface area (Å²) >= 11 is 0. The number of hydrogen-bond donors (Lipinski definition) is 0. The molecule has 0 radical (unpaired) electrons. The van der Waals surface area contributed by atoms with E-state index in [9.17, 15) is 9.59 Å². The van der Waals surface area contributed by atoms with Crippen LogP contribution in [0, 0.1) is 0 Å². The zero-order chi connectivity index (χ0) is 16.4. The van der Waals surface area contributed by atoms with E-state index in [1.165, 1.54) is 4.90 Å². The van der Waals surface area contributed by atoms with Crippen LogP contribution in [0.25, 0.3) is 0 Å². The highest BCUT2D eigenvalue weighted by Gasteiger charge is 2.41.